The molecule has 10 aromatic rings. The predicted molar refractivity (Wildman–Crippen MR) is 303 cm³/mol. The van der Waals surface area contributed by atoms with Gasteiger partial charge in [0.25, 0.3) is 6.71 Å². The fourth-order valence-corrected chi connectivity index (χ4v) is 14.4. The average molecular weight is 929 g/mol. The fraction of sp³-hybridized carbons (Fsp3) is 0.134. The molecule has 0 atom stereocenters. The molecule has 14 rings (SSSR count). The Hall–Kier alpha value is -7.66. The Morgan fingerprint density at radius 2 is 1.08 bits per heavy atom. The zero-order valence-corrected chi connectivity index (χ0v) is 41.9. The lowest BCUT2D eigenvalue weighted by atomic mass is 9.36. The van der Waals surface area contributed by atoms with E-state index in [9.17, 15) is 0 Å². The number of hydrogen-bond acceptors (Lipinski definition) is 3. The predicted octanol–water partition coefficient (Wildman–Crippen LogP) is 16.2. The number of anilines is 6. The number of rotatable bonds is 5. The fourth-order valence-electron chi connectivity index (χ4n) is 12.8. The van der Waals surface area contributed by atoms with Crippen molar-refractivity contribution in [1.29, 1.82) is 0 Å². The number of para-hydroxylation sites is 2. The van der Waals surface area contributed by atoms with Crippen molar-refractivity contribution >= 4 is 67.9 Å². The van der Waals surface area contributed by atoms with E-state index in [-0.39, 0.29) is 12.1 Å². The molecule has 0 bridgehead atoms. The van der Waals surface area contributed by atoms with Crippen LogP contribution in [0.2, 0.25) is 0 Å². The van der Waals surface area contributed by atoms with Gasteiger partial charge in [-0.3, -0.25) is 0 Å². The Morgan fingerprint density at radius 1 is 0.493 bits per heavy atom. The third-order valence-corrected chi connectivity index (χ3v) is 17.4. The van der Waals surface area contributed by atoms with Crippen LogP contribution in [0, 0.1) is 6.92 Å². The monoisotopic (exact) mass is 928 g/mol. The van der Waals surface area contributed by atoms with Gasteiger partial charge in [0, 0.05) is 43.7 Å². The standard InChI is InChI=1S/C67H53BN2S/c1-41(2)44-30-33-52-56(38-44)67(54-28-18-16-26-50(54)51-27-17-19-29-55(51)67)64-61(52)63-65(71-64)68-57-35-31-45(53-40-46(66(4,5)6)32-34-49(53)43-20-10-7-11-21-43)39-58(57)69(47-22-12-8-13-23-47)59-36-42(3)37-60(62(59)68)70(63)48-24-14-9-15-25-48/h7-41H,1-6H3. The Kier molecular flexibility index (Phi) is 9.18. The van der Waals surface area contributed by atoms with Gasteiger partial charge in [-0.2, -0.15) is 0 Å². The number of hydrogen-bond donors (Lipinski definition) is 0. The number of fused-ring (bicyclic) bond motifs is 15. The summed E-state index contributed by atoms with van der Waals surface area (Å²) in [7, 11) is 0. The summed E-state index contributed by atoms with van der Waals surface area (Å²) in [6.45, 7) is 13.9. The van der Waals surface area contributed by atoms with Gasteiger partial charge < -0.3 is 9.80 Å². The number of nitrogens with zero attached hydrogens (tertiary/aromatic N) is 2. The van der Waals surface area contributed by atoms with Gasteiger partial charge in [-0.15, -0.1) is 11.3 Å². The van der Waals surface area contributed by atoms with Gasteiger partial charge in [0.15, 0.2) is 0 Å². The zero-order chi connectivity index (χ0) is 47.9. The summed E-state index contributed by atoms with van der Waals surface area (Å²) in [4.78, 5) is 6.64. The summed E-state index contributed by atoms with van der Waals surface area (Å²) < 4.78 is 1.40. The number of thiophene rings is 1. The minimum absolute atomic E-state index is 0.0174. The van der Waals surface area contributed by atoms with Crippen molar-refractivity contribution in [2.45, 2.75) is 58.3 Å². The third-order valence-electron chi connectivity index (χ3n) is 16.0. The number of benzene rings is 9. The van der Waals surface area contributed by atoms with Crippen molar-refractivity contribution in [2.75, 3.05) is 9.80 Å². The van der Waals surface area contributed by atoms with E-state index in [4.69, 9.17) is 0 Å². The molecule has 340 valence electrons. The lowest BCUT2D eigenvalue weighted by Crippen LogP contribution is -2.60. The Bertz CT molecular complexity index is 3760. The largest absolute Gasteiger partial charge is 0.311 e. The van der Waals surface area contributed by atoms with E-state index in [2.05, 4.69) is 269 Å². The van der Waals surface area contributed by atoms with Gasteiger partial charge in [-0.1, -0.05) is 198 Å². The van der Waals surface area contributed by atoms with Crippen LogP contribution in [0.4, 0.5) is 34.1 Å². The molecule has 0 fully saturated rings. The normalized spacial score (nSPS) is 14.2. The molecule has 2 nitrogen and oxygen atoms in total. The van der Waals surface area contributed by atoms with E-state index in [0.29, 0.717) is 5.92 Å². The van der Waals surface area contributed by atoms with Crippen LogP contribution in [0.1, 0.15) is 78.8 Å². The van der Waals surface area contributed by atoms with Crippen LogP contribution in [0.15, 0.2) is 206 Å². The maximum atomic E-state index is 2.64. The Labute approximate surface area is 422 Å². The van der Waals surface area contributed by atoms with Crippen molar-refractivity contribution in [3.8, 4) is 44.5 Å². The molecule has 4 heteroatoms. The van der Waals surface area contributed by atoms with E-state index in [1.807, 2.05) is 0 Å². The smallest absolute Gasteiger partial charge is 0.264 e. The SMILES string of the molecule is Cc1cc2c3c(c1)N(c1ccccc1)c1c(sc4c1-c1ccc(C(C)C)cc1C41c4ccccc4-c4ccccc41)B3c1ccc(-c3cc(C(C)(C)C)ccc3-c3ccccc3)cc1N2c1ccccc1. The highest BCUT2D eigenvalue weighted by Gasteiger charge is 2.57. The molecular formula is C67H53BN2S. The maximum absolute atomic E-state index is 2.64. The molecule has 0 unspecified atom stereocenters. The Balaban J connectivity index is 1.10. The van der Waals surface area contributed by atoms with E-state index in [1.54, 1.807) is 0 Å². The van der Waals surface area contributed by atoms with Gasteiger partial charge in [0.1, 0.15) is 0 Å². The average Bonchev–Trinajstić information content (AvgIpc) is 4.03. The van der Waals surface area contributed by atoms with Gasteiger partial charge in [-0.25, -0.2) is 0 Å². The molecular weight excluding hydrogens is 876 g/mol. The molecule has 2 aliphatic heterocycles. The van der Waals surface area contributed by atoms with Crippen molar-refractivity contribution in [3.05, 3.63) is 245 Å². The van der Waals surface area contributed by atoms with Gasteiger partial charge in [0.2, 0.25) is 0 Å². The Morgan fingerprint density at radius 3 is 1.73 bits per heavy atom. The van der Waals surface area contributed by atoms with Crippen molar-refractivity contribution in [1.82, 2.24) is 0 Å². The van der Waals surface area contributed by atoms with Crippen LogP contribution < -0.4 is 25.5 Å². The number of aryl methyl sites for hydroxylation is 1. The van der Waals surface area contributed by atoms with E-state index in [0.717, 1.165) is 5.69 Å². The lowest BCUT2D eigenvalue weighted by molar-refractivity contribution is 0.590. The molecule has 1 aromatic heterocycles. The van der Waals surface area contributed by atoms with Crippen molar-refractivity contribution in [3.63, 3.8) is 0 Å². The van der Waals surface area contributed by atoms with E-state index >= 15 is 0 Å². The molecule has 0 N–H and O–H groups in total. The first-order valence-electron chi connectivity index (χ1n) is 25.3. The first kappa shape index (κ1) is 42.2. The van der Waals surface area contributed by atoms with Crippen LogP contribution in [-0.4, -0.2) is 6.71 Å². The first-order chi connectivity index (χ1) is 34.6. The molecule has 3 heterocycles. The topological polar surface area (TPSA) is 6.48 Å². The lowest BCUT2D eigenvalue weighted by Gasteiger charge is -2.43. The molecule has 4 aliphatic rings. The van der Waals surface area contributed by atoms with Crippen LogP contribution in [-0.2, 0) is 10.8 Å². The van der Waals surface area contributed by atoms with Crippen LogP contribution in [0.5, 0.6) is 0 Å². The summed E-state index contributed by atoms with van der Waals surface area (Å²) >= 11 is 2.07. The highest BCUT2D eigenvalue weighted by molar-refractivity contribution is 7.30. The summed E-state index contributed by atoms with van der Waals surface area (Å²) in [5.41, 5.74) is 28.0. The minimum Gasteiger partial charge on any atom is -0.311 e. The second-order valence-corrected chi connectivity index (χ2v) is 22.5. The van der Waals surface area contributed by atoms with Gasteiger partial charge in [-0.05, 0) is 144 Å². The van der Waals surface area contributed by atoms with Crippen LogP contribution in [0.3, 0.4) is 0 Å². The molecule has 0 saturated carbocycles. The molecule has 0 radical (unpaired) electrons. The highest BCUT2D eigenvalue weighted by Crippen LogP contribution is 2.67. The second-order valence-electron chi connectivity index (χ2n) is 21.5. The zero-order valence-electron chi connectivity index (χ0n) is 41.1. The molecule has 9 aromatic carbocycles. The summed E-state index contributed by atoms with van der Waals surface area (Å²) in [5.74, 6) is 0.391. The molecule has 0 amide bonds. The van der Waals surface area contributed by atoms with Crippen LogP contribution >= 0.6 is 11.3 Å². The maximum Gasteiger partial charge on any atom is 0.264 e. The van der Waals surface area contributed by atoms with E-state index < -0.39 is 5.41 Å². The second kappa shape index (κ2) is 15.4. The quantitative estimate of drug-likeness (QED) is 0.159. The molecule has 1 spiro atoms. The summed E-state index contributed by atoms with van der Waals surface area (Å²) in [6.07, 6.45) is 0. The van der Waals surface area contributed by atoms with Gasteiger partial charge in [0.05, 0.1) is 11.1 Å². The summed E-state index contributed by atoms with van der Waals surface area (Å²) in [5, 5.41) is 0. The first-order valence-corrected chi connectivity index (χ1v) is 26.1. The van der Waals surface area contributed by atoms with Crippen molar-refractivity contribution in [2.24, 2.45) is 0 Å². The molecule has 0 saturated heterocycles. The van der Waals surface area contributed by atoms with Crippen molar-refractivity contribution < 1.29 is 0 Å². The summed E-state index contributed by atoms with van der Waals surface area (Å²) in [6, 6.07) is 78.6. The third kappa shape index (κ3) is 5.95. The van der Waals surface area contributed by atoms with E-state index in [1.165, 1.54) is 127 Å². The molecule has 2 aliphatic carbocycles. The van der Waals surface area contributed by atoms with Crippen LogP contribution in [0.25, 0.3) is 44.5 Å². The minimum atomic E-state index is -0.471. The highest BCUT2D eigenvalue weighted by atomic mass is 32.1. The molecule has 71 heavy (non-hydrogen) atoms. The van der Waals surface area contributed by atoms with Gasteiger partial charge >= 0.3 is 0 Å².